The maximum atomic E-state index is 12.0. The number of thiophene rings is 1. The zero-order chi connectivity index (χ0) is 14.0. The van der Waals surface area contributed by atoms with Gasteiger partial charge >= 0.3 is 5.97 Å². The first-order chi connectivity index (χ1) is 9.69. The lowest BCUT2D eigenvalue weighted by Gasteiger charge is -2.51. The van der Waals surface area contributed by atoms with E-state index in [0.29, 0.717) is 18.6 Å². The summed E-state index contributed by atoms with van der Waals surface area (Å²) in [4.78, 5) is 12.7. The maximum Gasteiger partial charge on any atom is 0.348 e. The third-order valence-electron chi connectivity index (χ3n) is 5.16. The summed E-state index contributed by atoms with van der Waals surface area (Å²) in [7, 11) is 2.40. The molecule has 2 aliphatic heterocycles. The molecule has 3 heterocycles. The van der Waals surface area contributed by atoms with Crippen molar-refractivity contribution in [2.24, 2.45) is 5.92 Å². The molecule has 20 heavy (non-hydrogen) atoms. The molecule has 0 N–H and O–H groups in total. The number of hydrogen-bond donors (Lipinski definition) is 0. The van der Waals surface area contributed by atoms with E-state index in [4.69, 9.17) is 4.74 Å². The molecule has 2 saturated heterocycles. The second-order valence-electron chi connectivity index (χ2n) is 6.47. The van der Waals surface area contributed by atoms with Crippen LogP contribution in [0.3, 0.4) is 0 Å². The molecular formula is C16H24NO2S+. The van der Waals surface area contributed by atoms with Crippen LogP contribution in [0.25, 0.3) is 0 Å². The highest BCUT2D eigenvalue weighted by Crippen LogP contribution is 2.36. The monoisotopic (exact) mass is 294 g/mol. The van der Waals surface area contributed by atoms with Crippen molar-refractivity contribution in [1.82, 2.24) is 0 Å². The first-order valence-electron chi connectivity index (χ1n) is 7.74. The number of nitrogens with zero attached hydrogens (tertiary/aromatic N) is 1. The van der Waals surface area contributed by atoms with Crippen LogP contribution in [0, 0.1) is 5.92 Å². The summed E-state index contributed by atoms with van der Waals surface area (Å²) in [6, 6.07) is 4.44. The Morgan fingerprint density at radius 1 is 1.35 bits per heavy atom. The Kier molecular flexibility index (Phi) is 4.13. The Morgan fingerprint density at radius 3 is 3.00 bits per heavy atom. The molecule has 3 atom stereocenters. The molecule has 3 rings (SSSR count). The number of quaternary nitrogens is 1. The number of esters is 1. The molecule has 0 saturated carbocycles. The second kappa shape index (κ2) is 5.86. The first kappa shape index (κ1) is 14.1. The van der Waals surface area contributed by atoms with Gasteiger partial charge in [0.25, 0.3) is 0 Å². The van der Waals surface area contributed by atoms with Crippen molar-refractivity contribution in [3.63, 3.8) is 0 Å². The molecule has 1 aromatic heterocycles. The van der Waals surface area contributed by atoms with Crippen LogP contribution >= 0.6 is 11.3 Å². The average molecular weight is 294 g/mol. The lowest BCUT2D eigenvalue weighted by Crippen LogP contribution is -2.61. The largest absolute Gasteiger partial charge is 0.461 e. The highest BCUT2D eigenvalue weighted by atomic mass is 32.1. The number of rotatable bonds is 3. The van der Waals surface area contributed by atoms with E-state index in [2.05, 4.69) is 7.05 Å². The van der Waals surface area contributed by atoms with Crippen LogP contribution in [0.2, 0.25) is 0 Å². The minimum absolute atomic E-state index is 0.143. The van der Waals surface area contributed by atoms with E-state index in [9.17, 15) is 4.79 Å². The highest BCUT2D eigenvalue weighted by molar-refractivity contribution is 7.11. The molecule has 110 valence electrons. The van der Waals surface area contributed by atoms with Gasteiger partial charge in [-0.05, 0) is 37.1 Å². The molecule has 2 aliphatic rings. The SMILES string of the molecule is C[N+]12CCCCC1C(COC(=O)c1cccs1)CCC2. The summed E-state index contributed by atoms with van der Waals surface area (Å²) in [5.41, 5.74) is 0. The van der Waals surface area contributed by atoms with E-state index in [0.717, 1.165) is 4.88 Å². The Hall–Kier alpha value is -0.870. The van der Waals surface area contributed by atoms with E-state index in [1.165, 1.54) is 61.0 Å². The Morgan fingerprint density at radius 2 is 2.20 bits per heavy atom. The van der Waals surface area contributed by atoms with Crippen molar-refractivity contribution in [3.8, 4) is 0 Å². The molecule has 0 aromatic carbocycles. The zero-order valence-corrected chi connectivity index (χ0v) is 13.0. The Bertz CT molecular complexity index is 455. The van der Waals surface area contributed by atoms with Crippen molar-refractivity contribution in [1.29, 1.82) is 0 Å². The van der Waals surface area contributed by atoms with Crippen molar-refractivity contribution in [2.75, 3.05) is 26.7 Å². The van der Waals surface area contributed by atoms with Crippen LogP contribution < -0.4 is 0 Å². The summed E-state index contributed by atoms with van der Waals surface area (Å²) < 4.78 is 6.79. The molecule has 3 nitrogen and oxygen atoms in total. The normalized spacial score (nSPS) is 33.5. The van der Waals surface area contributed by atoms with E-state index < -0.39 is 0 Å². The molecule has 0 bridgehead atoms. The number of hydrogen-bond acceptors (Lipinski definition) is 3. The molecular weight excluding hydrogens is 270 g/mol. The fourth-order valence-electron chi connectivity index (χ4n) is 4.08. The predicted octanol–water partition coefficient (Wildman–Crippen LogP) is 3.31. The lowest BCUT2D eigenvalue weighted by molar-refractivity contribution is -0.947. The quantitative estimate of drug-likeness (QED) is 0.631. The predicted molar refractivity (Wildman–Crippen MR) is 80.9 cm³/mol. The van der Waals surface area contributed by atoms with Crippen LogP contribution in [0.1, 0.15) is 41.8 Å². The fraction of sp³-hybridized carbons (Fsp3) is 0.688. The topological polar surface area (TPSA) is 26.3 Å². The maximum absolute atomic E-state index is 12.0. The van der Waals surface area contributed by atoms with Gasteiger partial charge in [-0.15, -0.1) is 11.3 Å². The minimum Gasteiger partial charge on any atom is -0.461 e. The van der Waals surface area contributed by atoms with Crippen molar-refractivity contribution in [2.45, 2.75) is 38.1 Å². The van der Waals surface area contributed by atoms with Gasteiger partial charge in [0.2, 0.25) is 0 Å². The van der Waals surface area contributed by atoms with Crippen molar-refractivity contribution >= 4 is 17.3 Å². The number of fused-ring (bicyclic) bond motifs is 1. The molecule has 0 spiro atoms. The van der Waals surface area contributed by atoms with Crippen LogP contribution in [-0.2, 0) is 4.74 Å². The van der Waals surface area contributed by atoms with Crippen LogP contribution in [0.5, 0.6) is 0 Å². The highest BCUT2D eigenvalue weighted by Gasteiger charge is 2.43. The van der Waals surface area contributed by atoms with E-state index >= 15 is 0 Å². The summed E-state index contributed by atoms with van der Waals surface area (Å²) >= 11 is 1.46. The van der Waals surface area contributed by atoms with E-state index in [1.807, 2.05) is 17.5 Å². The van der Waals surface area contributed by atoms with Crippen molar-refractivity contribution < 1.29 is 14.0 Å². The number of carbonyl (C=O) groups excluding carboxylic acids is 1. The van der Waals surface area contributed by atoms with Gasteiger partial charge in [0.05, 0.1) is 26.2 Å². The van der Waals surface area contributed by atoms with E-state index in [1.54, 1.807) is 0 Å². The zero-order valence-electron chi connectivity index (χ0n) is 12.2. The Labute approximate surface area is 125 Å². The summed E-state index contributed by atoms with van der Waals surface area (Å²) in [5.74, 6) is 0.411. The standard InChI is InChI=1S/C16H24NO2S/c1-17-9-3-2-7-14(17)13(6-4-10-17)12-19-16(18)15-8-5-11-20-15/h5,8,11,13-14H,2-4,6-7,9-10,12H2,1H3/q+1. The molecule has 0 radical (unpaired) electrons. The van der Waals surface area contributed by atoms with Crippen LogP contribution in [0.15, 0.2) is 17.5 Å². The van der Waals surface area contributed by atoms with E-state index in [-0.39, 0.29) is 5.97 Å². The molecule has 0 amide bonds. The molecule has 4 heteroatoms. The number of piperidine rings is 2. The van der Waals surface area contributed by atoms with Crippen LogP contribution in [0.4, 0.5) is 0 Å². The summed E-state index contributed by atoms with van der Waals surface area (Å²) in [6.45, 7) is 3.22. The molecule has 0 aliphatic carbocycles. The Balaban J connectivity index is 1.60. The third-order valence-corrected chi connectivity index (χ3v) is 6.01. The third kappa shape index (κ3) is 2.77. The molecule has 1 aromatic rings. The van der Waals surface area contributed by atoms with Crippen molar-refractivity contribution in [3.05, 3.63) is 22.4 Å². The average Bonchev–Trinajstić information content (AvgIpc) is 2.98. The van der Waals surface area contributed by atoms with Gasteiger partial charge in [0.15, 0.2) is 0 Å². The van der Waals surface area contributed by atoms with Gasteiger partial charge in [-0.25, -0.2) is 4.79 Å². The summed E-state index contributed by atoms with van der Waals surface area (Å²) in [6.07, 6.45) is 6.49. The van der Waals surface area contributed by atoms with Gasteiger partial charge < -0.3 is 9.22 Å². The van der Waals surface area contributed by atoms with Gasteiger partial charge in [0, 0.05) is 12.3 Å². The number of carbonyl (C=O) groups is 1. The van der Waals surface area contributed by atoms with Gasteiger partial charge in [-0.1, -0.05) is 6.07 Å². The smallest absolute Gasteiger partial charge is 0.348 e. The van der Waals surface area contributed by atoms with Gasteiger partial charge in [0.1, 0.15) is 11.5 Å². The van der Waals surface area contributed by atoms with Gasteiger partial charge in [-0.3, -0.25) is 0 Å². The number of ether oxygens (including phenoxy) is 1. The van der Waals surface area contributed by atoms with Gasteiger partial charge in [-0.2, -0.15) is 0 Å². The van der Waals surface area contributed by atoms with Crippen LogP contribution in [-0.4, -0.2) is 43.2 Å². The fourth-order valence-corrected chi connectivity index (χ4v) is 4.69. The second-order valence-corrected chi connectivity index (χ2v) is 7.42. The molecule has 2 fully saturated rings. The summed E-state index contributed by atoms with van der Waals surface area (Å²) in [5, 5.41) is 1.92. The minimum atomic E-state index is -0.143. The lowest BCUT2D eigenvalue weighted by atomic mass is 9.82. The first-order valence-corrected chi connectivity index (χ1v) is 8.62. The molecule has 3 unspecified atom stereocenters.